The fraction of sp³-hybridized carbons (Fsp3) is 0.600. The topological polar surface area (TPSA) is 75.2 Å². The normalized spacial score (nSPS) is 11.2. The third kappa shape index (κ3) is 4.61. The van der Waals surface area contributed by atoms with Crippen molar-refractivity contribution in [3.8, 4) is 11.9 Å². The van der Waals surface area contributed by atoms with E-state index >= 15 is 0 Å². The van der Waals surface area contributed by atoms with Crippen LogP contribution in [-0.4, -0.2) is 23.2 Å². The maximum absolute atomic E-state index is 8.75. The first-order valence-corrected chi connectivity index (χ1v) is 6.83. The van der Waals surface area contributed by atoms with Gasteiger partial charge in [0.05, 0.1) is 18.2 Å². The second-order valence-corrected chi connectivity index (χ2v) is 5.97. The highest BCUT2D eigenvalue weighted by Gasteiger charge is 2.18. The van der Waals surface area contributed by atoms with E-state index in [1.54, 1.807) is 6.07 Å². The van der Waals surface area contributed by atoms with Gasteiger partial charge in [0.15, 0.2) is 0 Å². The maximum atomic E-state index is 8.75. The van der Waals surface area contributed by atoms with Crippen molar-refractivity contribution in [2.75, 3.05) is 17.2 Å². The average molecular weight is 276 g/mol. The van der Waals surface area contributed by atoms with E-state index < -0.39 is 0 Å². The lowest BCUT2D eigenvalue weighted by Crippen LogP contribution is -2.32. The Labute approximate surface area is 121 Å². The molecule has 0 aliphatic heterocycles. The Bertz CT molecular complexity index is 486. The molecule has 20 heavy (non-hydrogen) atoms. The molecule has 0 radical (unpaired) electrons. The summed E-state index contributed by atoms with van der Waals surface area (Å²) < 4.78 is 5.78. The number of nitriles is 1. The summed E-state index contributed by atoms with van der Waals surface area (Å²) in [5.74, 6) is 1.22. The molecule has 0 saturated heterocycles. The molecule has 110 valence electrons. The first-order valence-electron chi connectivity index (χ1n) is 6.83. The molecule has 0 fully saturated rings. The van der Waals surface area contributed by atoms with Crippen molar-refractivity contribution >= 4 is 11.5 Å². The van der Waals surface area contributed by atoms with E-state index in [2.05, 4.69) is 29.8 Å². The number of rotatable bonds is 5. The number of nitrogen functional groups attached to an aromatic ring is 1. The minimum atomic E-state index is -0.352. The third-order valence-corrected chi connectivity index (χ3v) is 2.66. The standard InChI is InChI=1S/C15H24N4O/c1-11(2)19(10-6-9-16)13-8-7-12(17)14(18-13)20-15(3,4)5/h7-8,11H,6,10,17H2,1-5H3. The Balaban J connectivity index is 3.05. The lowest BCUT2D eigenvalue weighted by atomic mass is 10.2. The van der Waals surface area contributed by atoms with E-state index in [9.17, 15) is 0 Å². The molecule has 1 rings (SSSR count). The Kier molecular flexibility index (Phi) is 5.20. The van der Waals surface area contributed by atoms with Crippen LogP contribution in [0.2, 0.25) is 0 Å². The predicted octanol–water partition coefficient (Wildman–Crippen LogP) is 2.97. The van der Waals surface area contributed by atoms with Crippen LogP contribution in [0.25, 0.3) is 0 Å². The molecule has 5 heteroatoms. The van der Waals surface area contributed by atoms with Gasteiger partial charge in [-0.05, 0) is 46.8 Å². The summed E-state index contributed by atoms with van der Waals surface area (Å²) in [5, 5.41) is 8.75. The van der Waals surface area contributed by atoms with Crippen molar-refractivity contribution in [2.45, 2.75) is 52.7 Å². The van der Waals surface area contributed by atoms with Crippen LogP contribution in [0.4, 0.5) is 11.5 Å². The van der Waals surface area contributed by atoms with Crippen LogP contribution >= 0.6 is 0 Å². The van der Waals surface area contributed by atoms with Gasteiger partial charge < -0.3 is 15.4 Å². The molecule has 0 amide bonds. The largest absolute Gasteiger partial charge is 0.470 e. The summed E-state index contributed by atoms with van der Waals surface area (Å²) in [6.07, 6.45) is 0.458. The molecule has 0 aliphatic carbocycles. The summed E-state index contributed by atoms with van der Waals surface area (Å²) >= 11 is 0. The van der Waals surface area contributed by atoms with Crippen LogP contribution in [0, 0.1) is 11.3 Å². The quantitative estimate of drug-likeness (QED) is 0.894. The molecule has 0 unspecified atom stereocenters. The van der Waals surface area contributed by atoms with E-state index in [1.807, 2.05) is 26.8 Å². The Morgan fingerprint density at radius 3 is 2.55 bits per heavy atom. The van der Waals surface area contributed by atoms with Gasteiger partial charge >= 0.3 is 0 Å². The maximum Gasteiger partial charge on any atom is 0.239 e. The monoisotopic (exact) mass is 276 g/mol. The fourth-order valence-electron chi connectivity index (χ4n) is 1.78. The Morgan fingerprint density at radius 2 is 2.05 bits per heavy atom. The molecule has 2 N–H and O–H groups in total. The number of anilines is 2. The zero-order chi connectivity index (χ0) is 15.3. The fourth-order valence-corrected chi connectivity index (χ4v) is 1.78. The van der Waals surface area contributed by atoms with E-state index in [0.29, 0.717) is 24.5 Å². The first-order chi connectivity index (χ1) is 9.24. The van der Waals surface area contributed by atoms with Gasteiger partial charge in [-0.15, -0.1) is 0 Å². The summed E-state index contributed by atoms with van der Waals surface area (Å²) in [7, 11) is 0. The van der Waals surface area contributed by atoms with Gasteiger partial charge in [-0.3, -0.25) is 0 Å². The van der Waals surface area contributed by atoms with Crippen LogP contribution in [-0.2, 0) is 0 Å². The number of nitrogens with two attached hydrogens (primary N) is 1. The van der Waals surface area contributed by atoms with Gasteiger partial charge in [0.2, 0.25) is 5.88 Å². The molecule has 0 bridgehead atoms. The number of hydrogen-bond donors (Lipinski definition) is 1. The zero-order valence-corrected chi connectivity index (χ0v) is 13.0. The van der Waals surface area contributed by atoms with Gasteiger partial charge in [-0.25, -0.2) is 0 Å². The highest BCUT2D eigenvalue weighted by molar-refractivity contribution is 5.55. The van der Waals surface area contributed by atoms with Crippen LogP contribution in [0.1, 0.15) is 41.0 Å². The SMILES string of the molecule is CC(C)N(CCC#N)c1ccc(N)c(OC(C)(C)C)n1. The molecule has 1 heterocycles. The highest BCUT2D eigenvalue weighted by Crippen LogP contribution is 2.27. The van der Waals surface area contributed by atoms with Crippen LogP contribution in [0.5, 0.6) is 5.88 Å². The van der Waals surface area contributed by atoms with Gasteiger partial charge in [0, 0.05) is 12.6 Å². The third-order valence-electron chi connectivity index (χ3n) is 2.66. The van der Waals surface area contributed by atoms with Crippen LogP contribution < -0.4 is 15.4 Å². The highest BCUT2D eigenvalue weighted by atomic mass is 16.5. The van der Waals surface area contributed by atoms with Crippen molar-refractivity contribution in [1.29, 1.82) is 5.26 Å². The van der Waals surface area contributed by atoms with E-state index in [-0.39, 0.29) is 11.6 Å². The van der Waals surface area contributed by atoms with Crippen molar-refractivity contribution in [3.05, 3.63) is 12.1 Å². The van der Waals surface area contributed by atoms with E-state index in [4.69, 9.17) is 15.7 Å². The molecule has 1 aromatic rings. The number of aromatic nitrogens is 1. The molecular weight excluding hydrogens is 252 g/mol. The Hall–Kier alpha value is -1.96. The minimum absolute atomic E-state index is 0.252. The van der Waals surface area contributed by atoms with Gasteiger partial charge in [0.25, 0.3) is 0 Å². The van der Waals surface area contributed by atoms with Crippen molar-refractivity contribution in [1.82, 2.24) is 4.98 Å². The van der Waals surface area contributed by atoms with Gasteiger partial charge in [-0.2, -0.15) is 10.2 Å². The molecular formula is C15H24N4O. The molecule has 0 spiro atoms. The zero-order valence-electron chi connectivity index (χ0n) is 13.0. The average Bonchev–Trinajstić information content (AvgIpc) is 2.31. The Morgan fingerprint density at radius 1 is 1.40 bits per heavy atom. The lowest BCUT2D eigenvalue weighted by molar-refractivity contribution is 0.125. The van der Waals surface area contributed by atoms with Gasteiger partial charge in [0.1, 0.15) is 11.4 Å². The summed E-state index contributed by atoms with van der Waals surface area (Å²) in [5.41, 5.74) is 6.08. The van der Waals surface area contributed by atoms with Crippen LogP contribution in [0.3, 0.4) is 0 Å². The number of hydrogen-bond acceptors (Lipinski definition) is 5. The van der Waals surface area contributed by atoms with Crippen LogP contribution in [0.15, 0.2) is 12.1 Å². The molecule has 0 atom stereocenters. The molecule has 5 nitrogen and oxygen atoms in total. The van der Waals surface area contributed by atoms with Crippen molar-refractivity contribution < 1.29 is 4.74 Å². The van der Waals surface area contributed by atoms with Crippen molar-refractivity contribution in [2.24, 2.45) is 0 Å². The number of pyridine rings is 1. The second kappa shape index (κ2) is 6.47. The van der Waals surface area contributed by atoms with E-state index in [1.165, 1.54) is 0 Å². The summed E-state index contributed by atoms with van der Waals surface area (Å²) in [4.78, 5) is 6.57. The minimum Gasteiger partial charge on any atom is -0.470 e. The molecule has 0 aromatic carbocycles. The molecule has 0 saturated carbocycles. The number of nitrogens with zero attached hydrogens (tertiary/aromatic N) is 3. The van der Waals surface area contributed by atoms with Gasteiger partial charge in [-0.1, -0.05) is 0 Å². The van der Waals surface area contributed by atoms with E-state index in [0.717, 1.165) is 5.82 Å². The molecule has 1 aromatic heterocycles. The summed E-state index contributed by atoms with van der Waals surface area (Å²) in [6, 6.07) is 6.07. The van der Waals surface area contributed by atoms with Crippen molar-refractivity contribution in [3.63, 3.8) is 0 Å². The number of ether oxygens (including phenoxy) is 1. The first kappa shape index (κ1) is 16.1. The second-order valence-electron chi connectivity index (χ2n) is 5.97. The molecule has 0 aliphatic rings. The predicted molar refractivity (Wildman–Crippen MR) is 81.7 cm³/mol. The smallest absolute Gasteiger partial charge is 0.239 e. The lowest BCUT2D eigenvalue weighted by Gasteiger charge is -2.28. The summed E-state index contributed by atoms with van der Waals surface area (Å²) in [6.45, 7) is 10.6.